The van der Waals surface area contributed by atoms with Crippen LogP contribution in [0.1, 0.15) is 43.8 Å². The summed E-state index contributed by atoms with van der Waals surface area (Å²) in [5, 5.41) is 12.6. The highest BCUT2D eigenvalue weighted by molar-refractivity contribution is 5.55. The average molecular weight is 261 g/mol. The summed E-state index contributed by atoms with van der Waals surface area (Å²) in [7, 11) is 0. The highest BCUT2D eigenvalue weighted by atomic mass is 16.5. The predicted octanol–water partition coefficient (Wildman–Crippen LogP) is 3.11. The fraction of sp³-hybridized carbons (Fsp3) is 0.625. The van der Waals surface area contributed by atoms with Gasteiger partial charge in [-0.25, -0.2) is 0 Å². The van der Waals surface area contributed by atoms with E-state index in [1.165, 1.54) is 24.1 Å². The fourth-order valence-corrected chi connectivity index (χ4v) is 3.48. The van der Waals surface area contributed by atoms with Gasteiger partial charge in [-0.15, -0.1) is 0 Å². The zero-order valence-corrected chi connectivity index (χ0v) is 11.3. The van der Waals surface area contributed by atoms with E-state index >= 15 is 0 Å². The van der Waals surface area contributed by atoms with E-state index in [9.17, 15) is 0 Å². The van der Waals surface area contributed by atoms with Crippen LogP contribution in [0.5, 0.6) is 0 Å². The molecule has 2 N–H and O–H groups in total. The van der Waals surface area contributed by atoms with Gasteiger partial charge in [-0.3, -0.25) is 0 Å². The van der Waals surface area contributed by atoms with E-state index in [0.29, 0.717) is 18.6 Å². The van der Waals surface area contributed by atoms with Crippen molar-refractivity contribution in [3.8, 4) is 0 Å². The number of para-hydroxylation sites is 1. The van der Waals surface area contributed by atoms with E-state index in [1.807, 2.05) is 0 Å². The number of hydrogen-bond donors (Lipinski definition) is 2. The third-order valence-electron chi connectivity index (χ3n) is 4.42. The third kappa shape index (κ3) is 2.63. The van der Waals surface area contributed by atoms with E-state index in [0.717, 1.165) is 25.9 Å². The number of nitrogens with one attached hydrogen (secondary N) is 1. The molecular formula is C16H23NO2. The van der Waals surface area contributed by atoms with Gasteiger partial charge in [0.2, 0.25) is 0 Å². The molecule has 1 aromatic carbocycles. The molecule has 0 unspecified atom stereocenters. The smallest absolute Gasteiger partial charge is 0.0892 e. The molecule has 2 aliphatic heterocycles. The zero-order valence-electron chi connectivity index (χ0n) is 11.3. The van der Waals surface area contributed by atoms with E-state index in [4.69, 9.17) is 9.84 Å². The Morgan fingerprint density at radius 2 is 2.16 bits per heavy atom. The van der Waals surface area contributed by atoms with Crippen LogP contribution in [0.25, 0.3) is 0 Å². The lowest BCUT2D eigenvalue weighted by atomic mass is 9.78. The van der Waals surface area contributed by atoms with Gasteiger partial charge in [0.05, 0.1) is 6.10 Å². The second kappa shape index (κ2) is 5.93. The van der Waals surface area contributed by atoms with Gasteiger partial charge in [0, 0.05) is 36.4 Å². The second-order valence-electron chi connectivity index (χ2n) is 5.65. The molecule has 3 nitrogen and oxygen atoms in total. The molecule has 2 aliphatic rings. The summed E-state index contributed by atoms with van der Waals surface area (Å²) in [6.07, 6.45) is 5.79. The second-order valence-corrected chi connectivity index (χ2v) is 5.65. The van der Waals surface area contributed by atoms with Crippen molar-refractivity contribution in [1.29, 1.82) is 0 Å². The van der Waals surface area contributed by atoms with Crippen molar-refractivity contribution in [3.63, 3.8) is 0 Å². The number of aliphatic hydroxyl groups excluding tert-OH is 1. The maximum atomic E-state index is 8.94. The first-order valence-corrected chi connectivity index (χ1v) is 7.48. The minimum atomic E-state index is 0.269. The number of fused-ring (bicyclic) bond motifs is 3. The minimum absolute atomic E-state index is 0.269. The zero-order chi connectivity index (χ0) is 13.1. The summed E-state index contributed by atoms with van der Waals surface area (Å²) in [5.41, 5.74) is 2.56. The molecule has 0 spiro atoms. The molecule has 104 valence electrons. The molecule has 3 heteroatoms. The molecule has 1 aromatic rings. The Hall–Kier alpha value is -1.06. The van der Waals surface area contributed by atoms with Crippen LogP contribution in [0.15, 0.2) is 24.3 Å². The summed E-state index contributed by atoms with van der Waals surface area (Å²) in [6, 6.07) is 9.02. The molecule has 3 rings (SSSR count). The quantitative estimate of drug-likeness (QED) is 0.818. The SMILES string of the molecule is OCCCC[C@@H]1Nc2ccccc2[C@@H]2OCCC[C@H]12. The van der Waals surface area contributed by atoms with Crippen molar-refractivity contribution < 1.29 is 9.84 Å². The van der Waals surface area contributed by atoms with Crippen LogP contribution < -0.4 is 5.32 Å². The Labute approximate surface area is 115 Å². The number of unbranched alkanes of at least 4 members (excludes halogenated alkanes) is 1. The topological polar surface area (TPSA) is 41.5 Å². The van der Waals surface area contributed by atoms with Gasteiger partial charge in [-0.2, -0.15) is 0 Å². The number of benzene rings is 1. The van der Waals surface area contributed by atoms with Gasteiger partial charge in [-0.1, -0.05) is 18.2 Å². The summed E-state index contributed by atoms with van der Waals surface area (Å²) >= 11 is 0. The van der Waals surface area contributed by atoms with Crippen molar-refractivity contribution in [2.75, 3.05) is 18.5 Å². The molecule has 3 atom stereocenters. The molecular weight excluding hydrogens is 238 g/mol. The van der Waals surface area contributed by atoms with Crippen molar-refractivity contribution in [2.24, 2.45) is 5.92 Å². The first-order chi connectivity index (χ1) is 9.40. The van der Waals surface area contributed by atoms with E-state index < -0.39 is 0 Å². The summed E-state index contributed by atoms with van der Waals surface area (Å²) in [6.45, 7) is 1.19. The lowest BCUT2D eigenvalue weighted by molar-refractivity contribution is -0.0387. The Bertz CT molecular complexity index is 421. The molecule has 0 aliphatic carbocycles. The number of anilines is 1. The molecule has 0 bridgehead atoms. The van der Waals surface area contributed by atoms with Crippen molar-refractivity contribution >= 4 is 5.69 Å². The Balaban J connectivity index is 1.79. The van der Waals surface area contributed by atoms with Gasteiger partial charge in [-0.05, 0) is 38.2 Å². The summed E-state index contributed by atoms with van der Waals surface area (Å²) in [4.78, 5) is 0. The molecule has 1 saturated heterocycles. The Morgan fingerprint density at radius 3 is 3.05 bits per heavy atom. The van der Waals surface area contributed by atoms with Crippen LogP contribution in [0.2, 0.25) is 0 Å². The fourth-order valence-electron chi connectivity index (χ4n) is 3.48. The number of ether oxygens (including phenoxy) is 1. The van der Waals surface area contributed by atoms with Gasteiger partial charge in [0.25, 0.3) is 0 Å². The molecule has 0 aromatic heterocycles. The van der Waals surface area contributed by atoms with Crippen LogP contribution in [0, 0.1) is 5.92 Å². The van der Waals surface area contributed by atoms with Gasteiger partial charge in [0.1, 0.15) is 0 Å². The first kappa shape index (κ1) is 12.9. The molecule has 0 amide bonds. The van der Waals surface area contributed by atoms with Crippen LogP contribution in [-0.2, 0) is 4.74 Å². The lowest BCUT2D eigenvalue weighted by Crippen LogP contribution is -2.41. The van der Waals surface area contributed by atoms with E-state index in [-0.39, 0.29) is 6.10 Å². The Kier molecular flexibility index (Phi) is 4.04. The van der Waals surface area contributed by atoms with Gasteiger partial charge < -0.3 is 15.2 Å². The standard InChI is InChI=1S/C16H23NO2/c18-10-4-3-9-15-13-7-5-11-19-16(13)12-6-1-2-8-14(12)17-15/h1-2,6,8,13,15-18H,3-5,7,9-11H2/t13-,15+,16+/m1/s1. The highest BCUT2D eigenvalue weighted by Crippen LogP contribution is 2.44. The van der Waals surface area contributed by atoms with Crippen LogP contribution in [0.4, 0.5) is 5.69 Å². The number of hydrogen-bond acceptors (Lipinski definition) is 3. The molecule has 0 saturated carbocycles. The summed E-state index contributed by atoms with van der Waals surface area (Å²) < 4.78 is 6.06. The van der Waals surface area contributed by atoms with Gasteiger partial charge >= 0.3 is 0 Å². The largest absolute Gasteiger partial charge is 0.396 e. The average Bonchev–Trinajstić information content (AvgIpc) is 2.47. The van der Waals surface area contributed by atoms with Crippen LogP contribution in [0.3, 0.4) is 0 Å². The van der Waals surface area contributed by atoms with E-state index in [2.05, 4.69) is 29.6 Å². The first-order valence-electron chi connectivity index (χ1n) is 7.48. The maximum Gasteiger partial charge on any atom is 0.0892 e. The van der Waals surface area contributed by atoms with Crippen molar-refractivity contribution in [2.45, 2.75) is 44.2 Å². The molecule has 2 heterocycles. The predicted molar refractivity (Wildman–Crippen MR) is 76.2 cm³/mol. The number of aliphatic hydroxyl groups is 1. The number of rotatable bonds is 4. The lowest BCUT2D eigenvalue weighted by Gasteiger charge is -2.43. The molecule has 1 fully saturated rings. The van der Waals surface area contributed by atoms with Gasteiger partial charge in [0.15, 0.2) is 0 Å². The monoisotopic (exact) mass is 261 g/mol. The minimum Gasteiger partial charge on any atom is -0.396 e. The van der Waals surface area contributed by atoms with Crippen LogP contribution >= 0.6 is 0 Å². The molecule has 19 heavy (non-hydrogen) atoms. The van der Waals surface area contributed by atoms with Crippen molar-refractivity contribution in [3.05, 3.63) is 29.8 Å². The maximum absolute atomic E-state index is 8.94. The van der Waals surface area contributed by atoms with Crippen molar-refractivity contribution in [1.82, 2.24) is 0 Å². The Morgan fingerprint density at radius 1 is 1.26 bits per heavy atom. The normalized spacial score (nSPS) is 29.2. The molecule has 0 radical (unpaired) electrons. The summed E-state index contributed by atoms with van der Waals surface area (Å²) in [5.74, 6) is 0.586. The highest BCUT2D eigenvalue weighted by Gasteiger charge is 2.38. The van der Waals surface area contributed by atoms with Crippen LogP contribution in [-0.4, -0.2) is 24.4 Å². The van der Waals surface area contributed by atoms with E-state index in [1.54, 1.807) is 0 Å². The third-order valence-corrected chi connectivity index (χ3v) is 4.42.